The fraction of sp³-hybridized carbons (Fsp3) is 0.444. The summed E-state index contributed by atoms with van der Waals surface area (Å²) >= 11 is 3.43. The van der Waals surface area contributed by atoms with Gasteiger partial charge in [-0.1, -0.05) is 15.9 Å². The number of rotatable bonds is 3. The molecule has 25 heavy (non-hydrogen) atoms. The molecule has 2 aliphatic rings. The Labute approximate surface area is 153 Å². The molecule has 2 aromatic rings. The van der Waals surface area contributed by atoms with Gasteiger partial charge in [0.25, 0.3) is 5.91 Å². The van der Waals surface area contributed by atoms with Crippen LogP contribution in [-0.2, 0) is 9.53 Å². The molecule has 0 aliphatic carbocycles. The van der Waals surface area contributed by atoms with Gasteiger partial charge in [-0.25, -0.2) is 0 Å². The summed E-state index contributed by atoms with van der Waals surface area (Å²) in [5.74, 6) is -0.268. The topological polar surface area (TPSA) is 83.2 Å². The van der Waals surface area contributed by atoms with Gasteiger partial charge in [-0.15, -0.1) is 0 Å². The molecular formula is C18H20BrN3O3. The van der Waals surface area contributed by atoms with E-state index in [0.717, 1.165) is 41.3 Å². The van der Waals surface area contributed by atoms with Gasteiger partial charge in [0, 0.05) is 28.0 Å². The molecule has 3 heterocycles. The number of fused-ring (bicyclic) bond motifs is 1. The molecular weight excluding hydrogens is 386 g/mol. The van der Waals surface area contributed by atoms with Crippen molar-refractivity contribution >= 4 is 38.7 Å². The van der Waals surface area contributed by atoms with Crippen molar-refractivity contribution in [1.82, 2.24) is 15.6 Å². The van der Waals surface area contributed by atoms with Crippen LogP contribution in [0.5, 0.6) is 0 Å². The predicted octanol–water partition coefficient (Wildman–Crippen LogP) is 2.35. The zero-order valence-corrected chi connectivity index (χ0v) is 15.3. The van der Waals surface area contributed by atoms with Gasteiger partial charge in [-0.05, 0) is 44.1 Å². The van der Waals surface area contributed by atoms with Crippen molar-refractivity contribution in [2.75, 3.05) is 19.6 Å². The number of benzene rings is 1. The molecule has 0 saturated carbocycles. The summed E-state index contributed by atoms with van der Waals surface area (Å²) in [6.45, 7) is 2.04. The number of amides is 1. The van der Waals surface area contributed by atoms with Gasteiger partial charge in [0.15, 0.2) is 0 Å². The van der Waals surface area contributed by atoms with Crippen LogP contribution in [0.3, 0.4) is 0 Å². The number of carbonyl (C=O) groups excluding carboxylic acids is 2. The van der Waals surface area contributed by atoms with Crippen molar-refractivity contribution in [3.8, 4) is 0 Å². The number of H-pyrrole nitrogens is 1. The normalized spacial score (nSPS) is 22.3. The number of piperidine rings is 1. The van der Waals surface area contributed by atoms with Crippen molar-refractivity contribution in [3.05, 3.63) is 34.4 Å². The maximum atomic E-state index is 12.5. The lowest BCUT2D eigenvalue weighted by Crippen LogP contribution is -2.39. The zero-order valence-electron chi connectivity index (χ0n) is 13.7. The molecule has 2 aliphatic heterocycles. The number of nitrogens with one attached hydrogen (secondary N) is 3. The molecule has 1 aromatic carbocycles. The minimum atomic E-state index is -0.355. The summed E-state index contributed by atoms with van der Waals surface area (Å²) in [7, 11) is 0. The van der Waals surface area contributed by atoms with E-state index in [1.807, 2.05) is 18.2 Å². The number of esters is 1. The van der Waals surface area contributed by atoms with Crippen molar-refractivity contribution < 1.29 is 14.3 Å². The highest BCUT2D eigenvalue weighted by Crippen LogP contribution is 2.41. The van der Waals surface area contributed by atoms with Gasteiger partial charge >= 0.3 is 5.97 Å². The van der Waals surface area contributed by atoms with Crippen LogP contribution in [0.1, 0.15) is 29.6 Å². The summed E-state index contributed by atoms with van der Waals surface area (Å²) in [6.07, 6.45) is 3.78. The number of ether oxygens (including phenoxy) is 1. The number of aromatic amines is 1. The Morgan fingerprint density at radius 1 is 1.36 bits per heavy atom. The Morgan fingerprint density at radius 2 is 2.16 bits per heavy atom. The summed E-state index contributed by atoms with van der Waals surface area (Å²) in [4.78, 5) is 27.9. The van der Waals surface area contributed by atoms with E-state index in [2.05, 4.69) is 31.5 Å². The summed E-state index contributed by atoms with van der Waals surface area (Å²) in [6, 6.07) is 5.77. The molecule has 1 unspecified atom stereocenters. The largest absolute Gasteiger partial charge is 0.460 e. The van der Waals surface area contributed by atoms with Crippen LogP contribution in [0.15, 0.2) is 28.9 Å². The molecule has 0 bridgehead atoms. The minimum Gasteiger partial charge on any atom is -0.460 e. The molecule has 6 nitrogen and oxygen atoms in total. The first-order chi connectivity index (χ1) is 12.1. The highest BCUT2D eigenvalue weighted by atomic mass is 79.9. The molecule has 1 aromatic heterocycles. The lowest BCUT2D eigenvalue weighted by Gasteiger charge is -2.29. The molecule has 1 atom stereocenters. The summed E-state index contributed by atoms with van der Waals surface area (Å²) < 4.78 is 6.45. The molecule has 2 fully saturated rings. The Hall–Kier alpha value is -1.86. The van der Waals surface area contributed by atoms with E-state index in [0.29, 0.717) is 18.5 Å². The van der Waals surface area contributed by atoms with E-state index in [9.17, 15) is 9.59 Å². The lowest BCUT2D eigenvalue weighted by molar-refractivity contribution is -0.149. The third kappa shape index (κ3) is 3.06. The minimum absolute atomic E-state index is 0.107. The standard InChI is InChI=1S/C18H20BrN3O3/c19-11-1-2-15-13(7-11)14(10-21-15)16(23)22-9-12-8-18(17(24)25-12)3-5-20-6-4-18/h1-2,7,10,12,20-21H,3-6,8-9H2,(H,22,23). The Kier molecular flexibility index (Phi) is 4.29. The van der Waals surface area contributed by atoms with Crippen molar-refractivity contribution in [2.45, 2.75) is 25.4 Å². The van der Waals surface area contributed by atoms with E-state index in [1.54, 1.807) is 6.20 Å². The highest BCUT2D eigenvalue weighted by Gasteiger charge is 2.49. The van der Waals surface area contributed by atoms with E-state index in [-0.39, 0.29) is 23.4 Å². The first-order valence-electron chi connectivity index (χ1n) is 8.54. The van der Waals surface area contributed by atoms with Crippen LogP contribution in [-0.4, -0.2) is 42.6 Å². The third-order valence-corrected chi connectivity index (χ3v) is 5.76. The lowest BCUT2D eigenvalue weighted by atomic mass is 9.76. The molecule has 2 saturated heterocycles. The van der Waals surface area contributed by atoms with Gasteiger partial charge in [0.05, 0.1) is 17.5 Å². The number of cyclic esters (lactones) is 1. The van der Waals surface area contributed by atoms with Gasteiger partial charge in [0.2, 0.25) is 0 Å². The van der Waals surface area contributed by atoms with Gasteiger partial charge in [0.1, 0.15) is 6.10 Å². The summed E-state index contributed by atoms with van der Waals surface area (Å²) in [5, 5.41) is 7.06. The maximum Gasteiger partial charge on any atom is 0.312 e. The molecule has 0 radical (unpaired) electrons. The number of hydrogen-bond donors (Lipinski definition) is 3. The second kappa shape index (κ2) is 6.46. The van der Waals surface area contributed by atoms with Crippen LogP contribution in [0.25, 0.3) is 10.9 Å². The number of hydrogen-bond acceptors (Lipinski definition) is 4. The second-order valence-electron chi connectivity index (χ2n) is 6.86. The highest BCUT2D eigenvalue weighted by molar-refractivity contribution is 9.10. The van der Waals surface area contributed by atoms with E-state index in [4.69, 9.17) is 4.74 Å². The Bertz CT molecular complexity index is 826. The molecule has 1 amide bonds. The number of carbonyl (C=O) groups is 2. The second-order valence-corrected chi connectivity index (χ2v) is 7.78. The van der Waals surface area contributed by atoms with Crippen LogP contribution in [0.4, 0.5) is 0 Å². The van der Waals surface area contributed by atoms with Crippen molar-refractivity contribution in [1.29, 1.82) is 0 Å². The molecule has 7 heteroatoms. The first kappa shape index (κ1) is 16.6. The van der Waals surface area contributed by atoms with E-state index >= 15 is 0 Å². The molecule has 132 valence electrons. The molecule has 4 rings (SSSR count). The summed E-state index contributed by atoms with van der Waals surface area (Å²) in [5.41, 5.74) is 1.15. The molecule has 3 N–H and O–H groups in total. The van der Waals surface area contributed by atoms with Crippen molar-refractivity contribution in [2.24, 2.45) is 5.41 Å². The fourth-order valence-corrected chi connectivity index (χ4v) is 4.21. The average Bonchev–Trinajstić information content (AvgIpc) is 3.15. The predicted molar refractivity (Wildman–Crippen MR) is 97.4 cm³/mol. The third-order valence-electron chi connectivity index (χ3n) is 5.26. The molecule has 1 spiro atoms. The maximum absolute atomic E-state index is 12.5. The quantitative estimate of drug-likeness (QED) is 0.684. The monoisotopic (exact) mass is 405 g/mol. The fourth-order valence-electron chi connectivity index (χ4n) is 3.85. The van der Waals surface area contributed by atoms with Gasteiger partial charge in [-0.3, -0.25) is 9.59 Å². The smallest absolute Gasteiger partial charge is 0.312 e. The Morgan fingerprint density at radius 3 is 2.96 bits per heavy atom. The average molecular weight is 406 g/mol. The Balaban J connectivity index is 1.42. The van der Waals surface area contributed by atoms with Gasteiger partial charge in [-0.2, -0.15) is 0 Å². The van der Waals surface area contributed by atoms with Gasteiger partial charge < -0.3 is 20.4 Å². The van der Waals surface area contributed by atoms with E-state index < -0.39 is 0 Å². The van der Waals surface area contributed by atoms with Crippen LogP contribution < -0.4 is 10.6 Å². The van der Waals surface area contributed by atoms with E-state index in [1.165, 1.54) is 0 Å². The SMILES string of the molecule is O=C(NCC1CC2(CCNCC2)C(=O)O1)c1c[nH]c2ccc(Br)cc12. The first-order valence-corrected chi connectivity index (χ1v) is 9.33. The zero-order chi connectivity index (χ0) is 17.4. The van der Waals surface area contributed by atoms with Crippen LogP contribution in [0.2, 0.25) is 0 Å². The number of halogens is 1. The van der Waals surface area contributed by atoms with Crippen molar-refractivity contribution in [3.63, 3.8) is 0 Å². The van der Waals surface area contributed by atoms with Crippen LogP contribution in [0, 0.1) is 5.41 Å². The van der Waals surface area contributed by atoms with Crippen LogP contribution >= 0.6 is 15.9 Å². The number of aromatic nitrogens is 1.